The number of pyridine rings is 2. The van der Waals surface area contributed by atoms with E-state index in [9.17, 15) is 0 Å². The predicted octanol–water partition coefficient (Wildman–Crippen LogP) is 15.3. The number of hydrogen-bond acceptors (Lipinski definition) is 4. The predicted molar refractivity (Wildman–Crippen MR) is 279 cm³/mol. The van der Waals surface area contributed by atoms with Crippen LogP contribution in [0.15, 0.2) is 156 Å². The van der Waals surface area contributed by atoms with Crippen LogP contribution >= 0.6 is 0 Å². The summed E-state index contributed by atoms with van der Waals surface area (Å²) in [7, 11) is 0. The van der Waals surface area contributed by atoms with Crippen LogP contribution in [0.25, 0.3) is 83.6 Å². The third kappa shape index (κ3) is 9.76. The summed E-state index contributed by atoms with van der Waals surface area (Å²) in [6.07, 6.45) is 3.27. The summed E-state index contributed by atoms with van der Waals surface area (Å²) in [6.45, 7) is 15.5. The number of furan rings is 1. The maximum Gasteiger partial charge on any atom is 0.124 e. The van der Waals surface area contributed by atoms with E-state index in [4.69, 9.17) is 19.4 Å². The van der Waals surface area contributed by atoms with Crippen molar-refractivity contribution in [3.63, 3.8) is 0 Å². The maximum atomic E-state index is 6.66. The number of para-hydroxylation sites is 2. The summed E-state index contributed by atoms with van der Waals surface area (Å²) in [4.78, 5) is 14.8. The van der Waals surface area contributed by atoms with Gasteiger partial charge in [-0.25, -0.2) is 0 Å². The smallest absolute Gasteiger partial charge is 0.124 e. The zero-order valence-corrected chi connectivity index (χ0v) is 44.7. The number of hydrogen-bond donors (Lipinski definition) is 0. The normalized spacial score (nSPS) is 11.8. The zero-order valence-electron chi connectivity index (χ0n) is 40.2. The van der Waals surface area contributed by atoms with Crippen molar-refractivity contribution < 1.29 is 24.5 Å². The molecule has 0 saturated heterocycles. The Morgan fingerprint density at radius 2 is 1.36 bits per heavy atom. The fourth-order valence-electron chi connectivity index (χ4n) is 9.15. The van der Waals surface area contributed by atoms with Crippen LogP contribution < -0.4 is 4.40 Å². The third-order valence-corrected chi connectivity index (χ3v) is 16.6. The van der Waals surface area contributed by atoms with Gasteiger partial charge in [-0.05, 0) is 60.2 Å². The Labute approximate surface area is 412 Å². The second-order valence-corrected chi connectivity index (χ2v) is 30.5. The molecule has 4 heterocycles. The molecule has 67 heavy (non-hydrogen) atoms. The summed E-state index contributed by atoms with van der Waals surface area (Å²) >= 11 is -1.86. The van der Waals surface area contributed by atoms with Gasteiger partial charge in [-0.2, -0.15) is 0 Å². The summed E-state index contributed by atoms with van der Waals surface area (Å²) in [6, 6.07) is 57.7. The Morgan fingerprint density at radius 1 is 0.716 bits per heavy atom. The molecule has 10 aromatic rings. The largest absolute Gasteiger partial charge is 0.500 e. The van der Waals surface area contributed by atoms with E-state index in [-0.39, 0.29) is 25.5 Å². The summed E-state index contributed by atoms with van der Waals surface area (Å²) in [5.41, 5.74) is 16.7. The molecular weight excluding hydrogens is 1060 g/mol. The Bertz CT molecular complexity index is 3280. The second kappa shape index (κ2) is 19.4. The van der Waals surface area contributed by atoms with Gasteiger partial charge in [-0.3, -0.25) is 9.97 Å². The Balaban J connectivity index is 0.000000244. The Kier molecular flexibility index (Phi) is 13.7. The minimum Gasteiger partial charge on any atom is -0.500 e. The van der Waals surface area contributed by atoms with Crippen LogP contribution in [-0.4, -0.2) is 32.8 Å². The monoisotopic (exact) mass is 1120 g/mol. The fraction of sp³-hybridized carbons (Fsp3) is 0.217. The second-order valence-electron chi connectivity index (χ2n) is 19.9. The van der Waals surface area contributed by atoms with Crippen molar-refractivity contribution in [3.8, 4) is 50.6 Å². The van der Waals surface area contributed by atoms with Crippen LogP contribution in [0.3, 0.4) is 0 Å². The SMILES string of the molecule is CC(C)Cc1cc(-c2[c-]cccc2)nc[c]1[Ge]([CH3])([CH3])[CH3].Cc1cc2oc3c(-c4nc5ccccc5n4-c4c(-c5ccccc5)cc(C(C)(C)C)cc4-c4ccccc4)[c-]ccc3c2c(C)n1.[Ir]. The number of nitrogens with zero attached hydrogens (tertiary/aromatic N) is 4. The van der Waals surface area contributed by atoms with Crippen molar-refractivity contribution in [1.29, 1.82) is 0 Å². The van der Waals surface area contributed by atoms with Crippen molar-refractivity contribution in [3.05, 3.63) is 186 Å². The molecule has 4 aromatic heterocycles. The molecule has 0 aliphatic carbocycles. The molecule has 0 atom stereocenters. The van der Waals surface area contributed by atoms with E-state index in [0.717, 1.165) is 101 Å². The van der Waals surface area contributed by atoms with E-state index >= 15 is 0 Å². The molecule has 0 aliphatic rings. The molecule has 0 fully saturated rings. The molecule has 0 unspecified atom stereocenters. The number of aryl methyl sites for hydroxylation is 2. The number of aromatic nitrogens is 4. The topological polar surface area (TPSA) is 56.7 Å². The first-order valence-corrected chi connectivity index (χ1v) is 30.4. The van der Waals surface area contributed by atoms with Gasteiger partial charge in [0.15, 0.2) is 0 Å². The van der Waals surface area contributed by atoms with E-state index < -0.39 is 13.3 Å². The molecule has 0 saturated carbocycles. The quantitative estimate of drug-likeness (QED) is 0.112. The maximum absolute atomic E-state index is 6.66. The first-order valence-electron chi connectivity index (χ1n) is 23.1. The fourth-order valence-corrected chi connectivity index (χ4v) is 12.5. The molecule has 0 N–H and O–H groups in total. The minimum atomic E-state index is -1.86. The van der Waals surface area contributed by atoms with Gasteiger partial charge >= 0.3 is 126 Å². The van der Waals surface area contributed by atoms with Crippen molar-refractivity contribution in [2.45, 2.75) is 77.6 Å². The van der Waals surface area contributed by atoms with Crippen LogP contribution in [-0.2, 0) is 31.9 Å². The van der Waals surface area contributed by atoms with Gasteiger partial charge in [-0.1, -0.05) is 105 Å². The standard InChI is InChI=1S/C42H34N3O.C18H24GeN.Ir/c1-26-23-37-38(27(2)43-26)31-19-14-20-32(40(31)46-37)41-44-35-21-12-13-22-36(35)45(41)39-33(28-15-8-6-9-16-28)24-30(42(3,4)5)25-34(39)29-17-10-7-11-18-29;1-14(2)11-16-12-18(15-9-7-6-8-10-15)20-13-17(16)19(3,4)5;/h6-19,21-25H,1-5H3;6-9,12-14H,11H2,1-5H3;/q2*-1;. The molecular formula is C60H58GeIrN4O-2. The van der Waals surface area contributed by atoms with Crippen molar-refractivity contribution in [2.24, 2.45) is 5.92 Å². The minimum absolute atomic E-state index is 0. The van der Waals surface area contributed by atoms with Gasteiger partial charge in [0.1, 0.15) is 5.58 Å². The molecule has 0 spiro atoms. The van der Waals surface area contributed by atoms with Gasteiger partial charge in [0.25, 0.3) is 0 Å². The van der Waals surface area contributed by atoms with Crippen molar-refractivity contribution in [1.82, 2.24) is 19.5 Å². The molecule has 339 valence electrons. The van der Waals surface area contributed by atoms with E-state index in [1.807, 2.05) is 50.2 Å². The molecule has 1 radical (unpaired) electrons. The van der Waals surface area contributed by atoms with E-state index in [0.29, 0.717) is 5.92 Å². The molecule has 10 rings (SSSR count). The molecule has 0 amide bonds. The summed E-state index contributed by atoms with van der Waals surface area (Å²) < 4.78 is 10.5. The summed E-state index contributed by atoms with van der Waals surface area (Å²) in [5, 5.41) is 2.05. The van der Waals surface area contributed by atoms with E-state index in [2.05, 4.69) is 184 Å². The zero-order chi connectivity index (χ0) is 46.3. The number of rotatable bonds is 8. The summed E-state index contributed by atoms with van der Waals surface area (Å²) in [5.74, 6) is 8.78. The van der Waals surface area contributed by atoms with Gasteiger partial charge in [-0.15, -0.1) is 18.2 Å². The third-order valence-electron chi connectivity index (χ3n) is 12.3. The van der Waals surface area contributed by atoms with Gasteiger partial charge < -0.3 is 8.98 Å². The van der Waals surface area contributed by atoms with E-state index in [1.54, 1.807) is 4.40 Å². The van der Waals surface area contributed by atoms with E-state index in [1.165, 1.54) is 11.1 Å². The van der Waals surface area contributed by atoms with Crippen LogP contribution in [0.2, 0.25) is 17.3 Å². The van der Waals surface area contributed by atoms with Crippen LogP contribution in [0, 0.1) is 31.9 Å². The Hall–Kier alpha value is -5.92. The van der Waals surface area contributed by atoms with Crippen molar-refractivity contribution >= 4 is 50.6 Å². The van der Waals surface area contributed by atoms with Gasteiger partial charge in [0.05, 0.1) is 28.1 Å². The van der Waals surface area contributed by atoms with Gasteiger partial charge in [0, 0.05) is 54.1 Å². The van der Waals surface area contributed by atoms with Crippen molar-refractivity contribution in [2.75, 3.05) is 0 Å². The first kappa shape index (κ1) is 47.6. The van der Waals surface area contributed by atoms with Gasteiger partial charge in [0.2, 0.25) is 0 Å². The average Bonchev–Trinajstić information content (AvgIpc) is 3.87. The first-order chi connectivity index (χ1) is 31.7. The molecule has 6 aromatic carbocycles. The molecule has 7 heteroatoms. The number of benzene rings is 6. The molecule has 0 bridgehead atoms. The van der Waals surface area contributed by atoms with Crippen LogP contribution in [0.4, 0.5) is 0 Å². The average molecular weight is 1120 g/mol. The molecule has 0 aliphatic heterocycles. The number of fused-ring (bicyclic) bond motifs is 4. The van der Waals surface area contributed by atoms with Crippen LogP contribution in [0.1, 0.15) is 57.1 Å². The van der Waals surface area contributed by atoms with Crippen LogP contribution in [0.5, 0.6) is 0 Å². The Morgan fingerprint density at radius 3 is 1.97 bits per heavy atom. The molecule has 5 nitrogen and oxygen atoms in total. The number of imidazole rings is 1.